The summed E-state index contributed by atoms with van der Waals surface area (Å²) in [6.07, 6.45) is 2.77. The smallest absolute Gasteiger partial charge is 0.233 e. The summed E-state index contributed by atoms with van der Waals surface area (Å²) in [5.41, 5.74) is 5.12. The van der Waals surface area contributed by atoms with Gasteiger partial charge in [0.2, 0.25) is 5.91 Å². The van der Waals surface area contributed by atoms with Gasteiger partial charge in [-0.25, -0.2) is 0 Å². The predicted molar refractivity (Wildman–Crippen MR) is 67.1 cm³/mol. The third kappa shape index (κ3) is 11.2. The molecular weight excluding hydrogens is 204 g/mol. The minimum Gasteiger partial charge on any atom is -0.355 e. The molecule has 0 spiro atoms. The predicted octanol–water partition coefficient (Wildman–Crippen LogP) is 1.48. The lowest BCUT2D eigenvalue weighted by atomic mass is 10.0. The van der Waals surface area contributed by atoms with E-state index >= 15 is 0 Å². The van der Waals surface area contributed by atoms with Crippen LogP contribution < -0.4 is 11.1 Å². The van der Waals surface area contributed by atoms with Gasteiger partial charge in [0.15, 0.2) is 0 Å². The molecule has 0 fully saturated rings. The van der Waals surface area contributed by atoms with Crippen molar-refractivity contribution in [2.75, 3.05) is 13.1 Å². The quantitative estimate of drug-likeness (QED) is 0.651. The number of carbonyl (C=O) groups excluding carboxylic acids is 2. The molecule has 0 aliphatic heterocycles. The molecule has 0 saturated heterocycles. The Morgan fingerprint density at radius 3 is 2.25 bits per heavy atom. The number of nitrogens with two attached hydrogens (primary N) is 1. The zero-order valence-electron chi connectivity index (χ0n) is 11.0. The highest BCUT2D eigenvalue weighted by Gasteiger charge is 2.06. The van der Waals surface area contributed by atoms with Gasteiger partial charge in [-0.2, -0.15) is 0 Å². The molecule has 16 heavy (non-hydrogen) atoms. The Morgan fingerprint density at radius 2 is 1.81 bits per heavy atom. The normalized spacial score (nSPS) is 11.1. The maximum Gasteiger partial charge on any atom is 0.233 e. The molecule has 4 heteroatoms. The second-order valence-electron chi connectivity index (χ2n) is 3.56. The van der Waals surface area contributed by atoms with Gasteiger partial charge in [-0.1, -0.05) is 27.2 Å². The minimum absolute atomic E-state index is 0.0455. The van der Waals surface area contributed by atoms with Gasteiger partial charge in [0.25, 0.3) is 0 Å². The van der Waals surface area contributed by atoms with Crippen LogP contribution in [0.2, 0.25) is 0 Å². The Kier molecular flexibility index (Phi) is 13.3. The third-order valence-corrected chi connectivity index (χ3v) is 2.27. The number of hydrogen-bond acceptors (Lipinski definition) is 3. The minimum atomic E-state index is -0.121. The summed E-state index contributed by atoms with van der Waals surface area (Å²) in [4.78, 5) is 21.6. The standard InChI is InChI=1S/C10H20N2O2.C2H6/c1-8(9(2)13)5-3-4-6-12-10(14)7-11;1-2/h8H,3-7,11H2,1-2H3,(H,12,14);1-2H3/t8-;/m0./s1. The molecule has 1 amide bonds. The van der Waals surface area contributed by atoms with Crippen molar-refractivity contribution in [3.8, 4) is 0 Å². The summed E-state index contributed by atoms with van der Waals surface area (Å²) >= 11 is 0. The average Bonchev–Trinajstić information content (AvgIpc) is 2.30. The first kappa shape index (κ1) is 17.5. The molecule has 0 rings (SSSR count). The molecule has 0 bridgehead atoms. The van der Waals surface area contributed by atoms with E-state index in [-0.39, 0.29) is 24.2 Å². The van der Waals surface area contributed by atoms with Crippen LogP contribution in [0.5, 0.6) is 0 Å². The molecule has 0 aliphatic rings. The summed E-state index contributed by atoms with van der Waals surface area (Å²) in [6, 6.07) is 0. The van der Waals surface area contributed by atoms with Gasteiger partial charge in [-0.15, -0.1) is 0 Å². The Morgan fingerprint density at radius 1 is 1.25 bits per heavy atom. The number of carbonyl (C=O) groups is 2. The van der Waals surface area contributed by atoms with Crippen molar-refractivity contribution in [2.45, 2.75) is 47.0 Å². The van der Waals surface area contributed by atoms with Crippen LogP contribution >= 0.6 is 0 Å². The summed E-state index contributed by atoms with van der Waals surface area (Å²) in [5.74, 6) is 0.251. The molecular formula is C12H26N2O2. The fourth-order valence-electron chi connectivity index (χ4n) is 1.08. The van der Waals surface area contributed by atoms with Crippen molar-refractivity contribution in [1.82, 2.24) is 5.32 Å². The zero-order chi connectivity index (χ0) is 13.0. The lowest BCUT2D eigenvalue weighted by molar-refractivity contribution is -0.121. The van der Waals surface area contributed by atoms with Crippen molar-refractivity contribution in [3.05, 3.63) is 0 Å². The maximum atomic E-state index is 10.9. The molecule has 0 aromatic rings. The Hall–Kier alpha value is -0.900. The number of nitrogens with one attached hydrogen (secondary N) is 1. The molecule has 0 heterocycles. The monoisotopic (exact) mass is 230 g/mol. The third-order valence-electron chi connectivity index (χ3n) is 2.27. The molecule has 0 unspecified atom stereocenters. The van der Waals surface area contributed by atoms with E-state index in [4.69, 9.17) is 5.73 Å². The van der Waals surface area contributed by atoms with Gasteiger partial charge in [0.05, 0.1) is 6.54 Å². The van der Waals surface area contributed by atoms with E-state index in [0.717, 1.165) is 19.3 Å². The van der Waals surface area contributed by atoms with Crippen LogP contribution in [-0.2, 0) is 9.59 Å². The maximum absolute atomic E-state index is 10.9. The summed E-state index contributed by atoms with van der Waals surface area (Å²) in [7, 11) is 0. The molecule has 0 aromatic heterocycles. The number of rotatable bonds is 7. The van der Waals surface area contributed by atoms with Crippen molar-refractivity contribution in [1.29, 1.82) is 0 Å². The molecule has 0 aromatic carbocycles. The number of ketones is 1. The van der Waals surface area contributed by atoms with E-state index in [0.29, 0.717) is 6.54 Å². The van der Waals surface area contributed by atoms with Gasteiger partial charge in [0, 0.05) is 12.5 Å². The highest BCUT2D eigenvalue weighted by molar-refractivity contribution is 5.78. The highest BCUT2D eigenvalue weighted by Crippen LogP contribution is 2.07. The summed E-state index contributed by atoms with van der Waals surface area (Å²) in [6.45, 7) is 8.24. The van der Waals surface area contributed by atoms with Crippen LogP contribution in [0.1, 0.15) is 47.0 Å². The number of amides is 1. The van der Waals surface area contributed by atoms with Crippen molar-refractivity contribution >= 4 is 11.7 Å². The van der Waals surface area contributed by atoms with Gasteiger partial charge < -0.3 is 11.1 Å². The Balaban J connectivity index is 0. The van der Waals surface area contributed by atoms with Crippen molar-refractivity contribution < 1.29 is 9.59 Å². The van der Waals surface area contributed by atoms with Gasteiger partial charge >= 0.3 is 0 Å². The molecule has 1 atom stereocenters. The van der Waals surface area contributed by atoms with Crippen LogP contribution in [0, 0.1) is 5.92 Å². The van der Waals surface area contributed by atoms with Crippen LogP contribution in [0.25, 0.3) is 0 Å². The molecule has 3 N–H and O–H groups in total. The lowest BCUT2D eigenvalue weighted by Gasteiger charge is -2.07. The van der Waals surface area contributed by atoms with Crippen molar-refractivity contribution in [2.24, 2.45) is 11.7 Å². The number of unbranched alkanes of at least 4 members (excludes halogenated alkanes) is 1. The zero-order valence-corrected chi connectivity index (χ0v) is 11.0. The van der Waals surface area contributed by atoms with E-state index in [1.807, 2.05) is 20.8 Å². The highest BCUT2D eigenvalue weighted by atomic mass is 16.1. The van der Waals surface area contributed by atoms with Crippen LogP contribution in [0.15, 0.2) is 0 Å². The second-order valence-corrected chi connectivity index (χ2v) is 3.56. The fraction of sp³-hybridized carbons (Fsp3) is 0.833. The SMILES string of the molecule is CC.CC(=O)[C@@H](C)CCCCNC(=O)CN. The molecule has 4 nitrogen and oxygen atoms in total. The second kappa shape index (κ2) is 12.2. The van der Waals surface area contributed by atoms with Gasteiger partial charge in [-0.05, 0) is 19.8 Å². The lowest BCUT2D eigenvalue weighted by Crippen LogP contribution is -2.30. The van der Waals surface area contributed by atoms with E-state index in [9.17, 15) is 9.59 Å². The van der Waals surface area contributed by atoms with Crippen LogP contribution in [-0.4, -0.2) is 24.8 Å². The fourth-order valence-corrected chi connectivity index (χ4v) is 1.08. The Labute approximate surface area is 99.0 Å². The number of Topliss-reactive ketones (excluding diaryl/α,β-unsaturated/α-hetero) is 1. The molecule has 0 saturated carbocycles. The number of hydrogen-bond donors (Lipinski definition) is 2. The first-order valence-corrected chi connectivity index (χ1v) is 6.05. The molecule has 0 radical (unpaired) electrons. The molecule has 0 aliphatic carbocycles. The first-order chi connectivity index (χ1) is 7.57. The van der Waals surface area contributed by atoms with Crippen molar-refractivity contribution in [3.63, 3.8) is 0 Å². The average molecular weight is 230 g/mol. The van der Waals surface area contributed by atoms with Crippen LogP contribution in [0.3, 0.4) is 0 Å². The summed E-state index contributed by atoms with van der Waals surface area (Å²) in [5, 5.41) is 2.69. The summed E-state index contributed by atoms with van der Waals surface area (Å²) < 4.78 is 0. The van der Waals surface area contributed by atoms with E-state index in [2.05, 4.69) is 5.32 Å². The Bertz CT molecular complexity index is 193. The van der Waals surface area contributed by atoms with E-state index < -0.39 is 0 Å². The van der Waals surface area contributed by atoms with Crippen LogP contribution in [0.4, 0.5) is 0 Å². The van der Waals surface area contributed by atoms with Gasteiger partial charge in [-0.3, -0.25) is 9.59 Å². The van der Waals surface area contributed by atoms with E-state index in [1.165, 1.54) is 0 Å². The first-order valence-electron chi connectivity index (χ1n) is 6.05. The molecule has 96 valence electrons. The van der Waals surface area contributed by atoms with E-state index in [1.54, 1.807) is 6.92 Å². The topological polar surface area (TPSA) is 72.2 Å². The largest absolute Gasteiger partial charge is 0.355 e. The van der Waals surface area contributed by atoms with Gasteiger partial charge in [0.1, 0.15) is 5.78 Å².